The first kappa shape index (κ1) is 25.3. The second kappa shape index (κ2) is 11.3. The molecule has 0 spiro atoms. The Balaban J connectivity index is 1.57. The van der Waals surface area contributed by atoms with Gasteiger partial charge in [-0.1, -0.05) is 18.2 Å². The zero-order chi connectivity index (χ0) is 25.7. The first-order chi connectivity index (χ1) is 17.4. The van der Waals surface area contributed by atoms with Gasteiger partial charge >= 0.3 is 0 Å². The van der Waals surface area contributed by atoms with Crippen molar-refractivity contribution in [3.63, 3.8) is 0 Å². The van der Waals surface area contributed by atoms with Gasteiger partial charge in [0.15, 0.2) is 0 Å². The third kappa shape index (κ3) is 5.22. The highest BCUT2D eigenvalue weighted by atomic mass is 16.5. The normalized spacial score (nSPS) is 13.9. The minimum atomic E-state index is 0.540. The van der Waals surface area contributed by atoms with Gasteiger partial charge < -0.3 is 29.6 Å². The lowest BCUT2D eigenvalue weighted by atomic mass is 10.1. The number of aromatic nitrogens is 1. The Kier molecular flexibility index (Phi) is 7.92. The van der Waals surface area contributed by atoms with Gasteiger partial charge in [-0.2, -0.15) is 5.10 Å². The van der Waals surface area contributed by atoms with Crippen LogP contribution >= 0.6 is 0 Å². The van der Waals surface area contributed by atoms with Crippen molar-refractivity contribution >= 4 is 46.6 Å². The second-order valence-electron chi connectivity index (χ2n) is 8.98. The van der Waals surface area contributed by atoms with Crippen molar-refractivity contribution < 1.29 is 9.47 Å². The second-order valence-corrected chi connectivity index (χ2v) is 8.98. The molecule has 0 bridgehead atoms. The summed E-state index contributed by atoms with van der Waals surface area (Å²) in [6.07, 6.45) is 3.51. The number of anilines is 3. The number of fused-ring (bicyclic) bond motifs is 3. The highest BCUT2D eigenvalue weighted by Crippen LogP contribution is 2.36. The maximum atomic E-state index is 6.36. The molecular weight excluding hydrogens is 454 g/mol. The van der Waals surface area contributed by atoms with Crippen molar-refractivity contribution in [1.82, 2.24) is 9.47 Å². The van der Waals surface area contributed by atoms with Gasteiger partial charge in [0, 0.05) is 55.4 Å². The van der Waals surface area contributed by atoms with Gasteiger partial charge in [0.25, 0.3) is 0 Å². The summed E-state index contributed by atoms with van der Waals surface area (Å²) in [5.41, 5.74) is 15.7. The molecule has 9 heteroatoms. The first-order valence-corrected chi connectivity index (χ1v) is 11.9. The van der Waals surface area contributed by atoms with Gasteiger partial charge in [-0.3, -0.25) is 10.4 Å². The number of hydrogen-bond donors (Lipinski definition) is 2. The molecule has 1 aliphatic heterocycles. The van der Waals surface area contributed by atoms with E-state index in [4.69, 9.17) is 15.2 Å². The number of hydrazone groups is 1. The Bertz CT molecular complexity index is 1290. The number of nitrogen functional groups attached to an aromatic ring is 1. The summed E-state index contributed by atoms with van der Waals surface area (Å²) in [6, 6.07) is 12.1. The van der Waals surface area contributed by atoms with E-state index >= 15 is 0 Å². The molecular formula is C27H35N7O2. The first-order valence-electron chi connectivity index (χ1n) is 11.9. The fraction of sp³-hybridized carbons (Fsp3) is 0.333. The Morgan fingerprint density at radius 3 is 2.81 bits per heavy atom. The number of allylic oxidation sites excluding steroid dienone is 1. The van der Waals surface area contributed by atoms with Crippen LogP contribution in [-0.4, -0.2) is 70.3 Å². The average molecular weight is 490 g/mol. The molecule has 0 radical (unpaired) electrons. The number of aliphatic imine (C=N–C) groups is 1. The molecule has 36 heavy (non-hydrogen) atoms. The third-order valence-electron chi connectivity index (χ3n) is 6.34. The van der Waals surface area contributed by atoms with E-state index in [0.29, 0.717) is 30.3 Å². The van der Waals surface area contributed by atoms with E-state index in [9.17, 15) is 0 Å². The molecule has 2 aromatic carbocycles. The number of rotatable bonds is 10. The Morgan fingerprint density at radius 1 is 1.25 bits per heavy atom. The van der Waals surface area contributed by atoms with Gasteiger partial charge in [0.2, 0.25) is 0 Å². The largest absolute Gasteiger partial charge is 0.494 e. The molecule has 1 aliphatic rings. The van der Waals surface area contributed by atoms with E-state index in [2.05, 4.69) is 54.8 Å². The molecule has 0 aliphatic carbocycles. The summed E-state index contributed by atoms with van der Waals surface area (Å²) in [5, 5.41) is 5.51. The number of nitrogens with two attached hydrogens (primary N) is 1. The Labute approximate surface area is 212 Å². The van der Waals surface area contributed by atoms with Crippen LogP contribution in [0.3, 0.4) is 0 Å². The molecule has 0 saturated carbocycles. The highest BCUT2D eigenvalue weighted by Gasteiger charge is 2.21. The van der Waals surface area contributed by atoms with E-state index in [0.717, 1.165) is 47.7 Å². The average Bonchev–Trinajstić information content (AvgIpc) is 3.22. The summed E-state index contributed by atoms with van der Waals surface area (Å²) in [6.45, 7) is 7.63. The molecule has 190 valence electrons. The van der Waals surface area contributed by atoms with Gasteiger partial charge in [0.05, 0.1) is 43.1 Å². The summed E-state index contributed by atoms with van der Waals surface area (Å²) in [5.74, 6) is 0.656. The zero-order valence-corrected chi connectivity index (χ0v) is 21.5. The SMILES string of the molecule is C=N/C(=C\C=N/Nc1cc(N)c(N(C)CCN(C)C)cc1OC)c1c2n(c3ccccc13)CCOC2. The lowest BCUT2D eigenvalue weighted by Gasteiger charge is -2.24. The van der Waals surface area contributed by atoms with Gasteiger partial charge in [-0.05, 0) is 39.0 Å². The minimum Gasteiger partial charge on any atom is -0.494 e. The molecule has 3 aromatic rings. The van der Waals surface area contributed by atoms with Crippen LogP contribution in [0, 0.1) is 0 Å². The van der Waals surface area contributed by atoms with Crippen molar-refractivity contribution in [1.29, 1.82) is 0 Å². The summed E-state index contributed by atoms with van der Waals surface area (Å²) in [4.78, 5) is 8.56. The van der Waals surface area contributed by atoms with E-state index in [-0.39, 0.29) is 0 Å². The Morgan fingerprint density at radius 2 is 2.06 bits per heavy atom. The molecule has 4 rings (SSSR count). The van der Waals surface area contributed by atoms with E-state index < -0.39 is 0 Å². The maximum absolute atomic E-state index is 6.36. The van der Waals surface area contributed by atoms with Gasteiger partial charge in [0.1, 0.15) is 11.4 Å². The number of hydrogen-bond acceptors (Lipinski definition) is 8. The summed E-state index contributed by atoms with van der Waals surface area (Å²) >= 11 is 0. The van der Waals surface area contributed by atoms with Crippen LogP contribution in [0.4, 0.5) is 17.1 Å². The number of benzene rings is 2. The van der Waals surface area contributed by atoms with Gasteiger partial charge in [-0.25, -0.2) is 0 Å². The van der Waals surface area contributed by atoms with Crippen LogP contribution in [0.2, 0.25) is 0 Å². The van der Waals surface area contributed by atoms with Crippen molar-refractivity contribution in [2.75, 3.05) is 64.0 Å². The molecule has 9 nitrogen and oxygen atoms in total. The predicted molar refractivity (Wildman–Crippen MR) is 150 cm³/mol. The van der Waals surface area contributed by atoms with Gasteiger partial charge in [-0.15, -0.1) is 0 Å². The monoisotopic (exact) mass is 489 g/mol. The number of ether oxygens (including phenoxy) is 2. The number of nitrogens with one attached hydrogen (secondary N) is 1. The lowest BCUT2D eigenvalue weighted by Crippen LogP contribution is -2.29. The van der Waals surface area contributed by atoms with E-state index in [1.165, 1.54) is 5.52 Å². The van der Waals surface area contributed by atoms with Crippen LogP contribution < -0.4 is 20.8 Å². The predicted octanol–water partition coefficient (Wildman–Crippen LogP) is 3.90. The fourth-order valence-corrected chi connectivity index (χ4v) is 4.45. The topological polar surface area (TPSA) is 92.6 Å². The van der Waals surface area contributed by atoms with Crippen LogP contribution in [-0.2, 0) is 17.9 Å². The molecule has 0 saturated heterocycles. The quantitative estimate of drug-likeness (QED) is 0.255. The molecule has 1 aromatic heterocycles. The van der Waals surface area contributed by atoms with Crippen LogP contribution in [0.5, 0.6) is 5.75 Å². The molecule has 0 atom stereocenters. The standard InChI is InChI=1S/C27H35N7O2/c1-29-21(27-19-8-6-7-9-23(19)34-14-15-36-18-25(27)34)10-11-30-31-22-16-20(28)24(17-26(22)35-5)33(4)13-12-32(2)3/h6-11,16-17,31H,1,12-15,18,28H2,2-5H3/b21-10-,30-11-. The zero-order valence-electron chi connectivity index (χ0n) is 21.5. The van der Waals surface area contributed by atoms with Crippen molar-refractivity contribution in [3.8, 4) is 5.75 Å². The maximum Gasteiger partial charge on any atom is 0.146 e. The number of para-hydroxylation sites is 1. The van der Waals surface area contributed by atoms with Crippen molar-refractivity contribution in [2.45, 2.75) is 13.2 Å². The van der Waals surface area contributed by atoms with Crippen LogP contribution in [0.1, 0.15) is 11.3 Å². The number of nitrogens with zero attached hydrogens (tertiary/aromatic N) is 5. The number of likely N-dealkylation sites (N-methyl/N-ethyl adjacent to an activating group) is 2. The molecule has 0 unspecified atom stereocenters. The van der Waals surface area contributed by atoms with E-state index in [1.807, 2.05) is 45.4 Å². The minimum absolute atomic E-state index is 0.540. The van der Waals surface area contributed by atoms with Crippen LogP contribution in [0.25, 0.3) is 16.6 Å². The third-order valence-corrected chi connectivity index (χ3v) is 6.34. The van der Waals surface area contributed by atoms with Crippen molar-refractivity contribution in [2.24, 2.45) is 10.1 Å². The number of methoxy groups -OCH3 is 1. The molecule has 0 fully saturated rings. The lowest BCUT2D eigenvalue weighted by molar-refractivity contribution is 0.0863. The summed E-state index contributed by atoms with van der Waals surface area (Å²) < 4.78 is 13.6. The molecule has 3 N–H and O–H groups in total. The highest BCUT2D eigenvalue weighted by molar-refractivity contribution is 5.98. The van der Waals surface area contributed by atoms with E-state index in [1.54, 1.807) is 13.3 Å². The van der Waals surface area contributed by atoms with Crippen molar-refractivity contribution in [3.05, 3.63) is 53.7 Å². The smallest absolute Gasteiger partial charge is 0.146 e. The molecule has 0 amide bonds. The molecule has 2 heterocycles. The fourth-order valence-electron chi connectivity index (χ4n) is 4.45. The van der Waals surface area contributed by atoms with Crippen LogP contribution in [0.15, 0.2) is 52.6 Å². The summed E-state index contributed by atoms with van der Waals surface area (Å²) in [7, 11) is 7.75. The Hall–Kier alpha value is -3.82.